The Balaban J connectivity index is 1.32. The lowest BCUT2D eigenvalue weighted by atomic mass is 10.1. The highest BCUT2D eigenvalue weighted by Gasteiger charge is 2.37. The number of methoxy groups -OCH3 is 1. The van der Waals surface area contributed by atoms with E-state index in [-0.39, 0.29) is 17.9 Å². The minimum Gasteiger partial charge on any atom is -0.493 e. The molecule has 1 aliphatic heterocycles. The number of carbonyl (C=O) groups excluding carboxylic acids is 3. The number of amides is 4. The third kappa shape index (κ3) is 8.62. The molecule has 0 aliphatic carbocycles. The molecule has 4 aromatic carbocycles. The molecule has 0 saturated carbocycles. The Labute approximate surface area is 301 Å². The van der Waals surface area contributed by atoms with Gasteiger partial charge in [-0.3, -0.25) is 14.9 Å². The number of barbiturate groups is 1. The molecule has 254 valence electrons. The van der Waals surface area contributed by atoms with Crippen LogP contribution >= 0.6 is 31.9 Å². The van der Waals surface area contributed by atoms with Crippen LogP contribution in [0.3, 0.4) is 0 Å². The van der Waals surface area contributed by atoms with Crippen molar-refractivity contribution in [2.75, 3.05) is 25.2 Å². The zero-order valence-electron chi connectivity index (χ0n) is 27.1. The largest absolute Gasteiger partial charge is 0.493 e. The van der Waals surface area contributed by atoms with Crippen molar-refractivity contribution in [3.8, 4) is 28.7 Å². The second-order valence-electron chi connectivity index (χ2n) is 10.7. The van der Waals surface area contributed by atoms with Crippen molar-refractivity contribution in [3.05, 3.63) is 110 Å². The molecule has 1 fully saturated rings. The molecule has 4 amide bonds. The molecule has 4 aromatic rings. The summed E-state index contributed by atoms with van der Waals surface area (Å²) in [5, 5.41) is 2.26. The van der Waals surface area contributed by atoms with Gasteiger partial charge in [-0.15, -0.1) is 0 Å². The fourth-order valence-electron chi connectivity index (χ4n) is 4.91. The van der Waals surface area contributed by atoms with Crippen LogP contribution < -0.4 is 33.9 Å². The topological polar surface area (TPSA) is 113 Å². The summed E-state index contributed by atoms with van der Waals surface area (Å²) in [5.74, 6) is 0.985. The number of nitrogens with one attached hydrogen (secondary N) is 1. The Morgan fingerprint density at radius 3 is 2.12 bits per heavy atom. The average Bonchev–Trinajstić information content (AvgIpc) is 3.09. The summed E-state index contributed by atoms with van der Waals surface area (Å²) < 4.78 is 30.2. The zero-order chi connectivity index (χ0) is 34.9. The number of carbonyl (C=O) groups is 3. The van der Waals surface area contributed by atoms with Gasteiger partial charge in [-0.1, -0.05) is 43.3 Å². The molecule has 0 unspecified atom stereocenters. The fourth-order valence-corrected chi connectivity index (χ4v) is 6.36. The van der Waals surface area contributed by atoms with Crippen molar-refractivity contribution in [2.45, 2.75) is 33.5 Å². The first kappa shape index (κ1) is 35.5. The van der Waals surface area contributed by atoms with E-state index >= 15 is 0 Å². The highest BCUT2D eigenvalue weighted by Crippen LogP contribution is 2.38. The van der Waals surface area contributed by atoms with E-state index in [2.05, 4.69) is 37.2 Å². The molecule has 1 saturated heterocycles. The Kier molecular flexibility index (Phi) is 12.0. The SMILES string of the molecule is CCCOc1ccc(N2C(=O)NC(=O)/C(=C\c3cc(Br)c(OCc4ccc(OCc5ccccc5)c(OC)c4)c(Br)c3)C2=O)cc1OCC. The van der Waals surface area contributed by atoms with Crippen LogP contribution in [0.25, 0.3) is 6.08 Å². The first-order valence-corrected chi connectivity index (χ1v) is 17.1. The molecule has 0 bridgehead atoms. The highest BCUT2D eigenvalue weighted by atomic mass is 79.9. The van der Waals surface area contributed by atoms with Crippen LogP contribution in [0.4, 0.5) is 10.5 Å². The van der Waals surface area contributed by atoms with Gasteiger partial charge in [-0.2, -0.15) is 0 Å². The third-order valence-corrected chi connectivity index (χ3v) is 8.41. The minimum atomic E-state index is -0.865. The second-order valence-corrected chi connectivity index (χ2v) is 12.4. The van der Waals surface area contributed by atoms with Crippen LogP contribution in [-0.4, -0.2) is 38.2 Å². The van der Waals surface area contributed by atoms with Crippen molar-refractivity contribution in [3.63, 3.8) is 0 Å². The zero-order valence-corrected chi connectivity index (χ0v) is 30.3. The van der Waals surface area contributed by atoms with Crippen LogP contribution in [-0.2, 0) is 22.8 Å². The molecule has 12 heteroatoms. The van der Waals surface area contributed by atoms with Gasteiger partial charge in [0.05, 0.1) is 35.0 Å². The van der Waals surface area contributed by atoms with E-state index < -0.39 is 17.8 Å². The Bertz CT molecular complexity index is 1860. The predicted octanol–water partition coefficient (Wildman–Crippen LogP) is 8.23. The van der Waals surface area contributed by atoms with Gasteiger partial charge in [-0.25, -0.2) is 9.69 Å². The normalized spacial score (nSPS) is 13.7. The quantitative estimate of drug-likeness (QED) is 0.100. The lowest BCUT2D eigenvalue weighted by Gasteiger charge is -2.27. The Morgan fingerprint density at radius 1 is 0.735 bits per heavy atom. The van der Waals surface area contributed by atoms with Crippen molar-refractivity contribution in [1.82, 2.24) is 5.32 Å². The van der Waals surface area contributed by atoms with Gasteiger partial charge in [0.25, 0.3) is 11.8 Å². The molecule has 0 atom stereocenters. The minimum absolute atomic E-state index is 0.219. The number of benzene rings is 4. The van der Waals surface area contributed by atoms with Gasteiger partial charge in [0.1, 0.15) is 24.5 Å². The van der Waals surface area contributed by atoms with Gasteiger partial charge >= 0.3 is 6.03 Å². The summed E-state index contributed by atoms with van der Waals surface area (Å²) in [7, 11) is 1.58. The smallest absolute Gasteiger partial charge is 0.335 e. The van der Waals surface area contributed by atoms with Gasteiger partial charge < -0.3 is 23.7 Å². The van der Waals surface area contributed by atoms with Crippen molar-refractivity contribution >= 4 is 61.5 Å². The highest BCUT2D eigenvalue weighted by molar-refractivity contribution is 9.11. The van der Waals surface area contributed by atoms with E-state index in [1.807, 2.05) is 62.4 Å². The number of imide groups is 2. The lowest BCUT2D eigenvalue weighted by molar-refractivity contribution is -0.122. The third-order valence-electron chi connectivity index (χ3n) is 7.23. The average molecular weight is 794 g/mol. The van der Waals surface area contributed by atoms with Crippen molar-refractivity contribution in [1.29, 1.82) is 0 Å². The molecule has 5 rings (SSSR count). The fraction of sp³-hybridized carbons (Fsp3) is 0.216. The number of nitrogens with zero attached hydrogens (tertiary/aromatic N) is 1. The lowest BCUT2D eigenvalue weighted by Crippen LogP contribution is -2.54. The number of hydrogen-bond acceptors (Lipinski definition) is 8. The van der Waals surface area contributed by atoms with E-state index in [9.17, 15) is 14.4 Å². The molecule has 0 radical (unpaired) electrons. The summed E-state index contributed by atoms with van der Waals surface area (Å²) in [6, 6.07) is 22.7. The van der Waals surface area contributed by atoms with Crippen LogP contribution in [0.5, 0.6) is 28.7 Å². The first-order valence-electron chi connectivity index (χ1n) is 15.5. The Morgan fingerprint density at radius 2 is 1.43 bits per heavy atom. The van der Waals surface area contributed by atoms with Crippen LogP contribution in [0.2, 0.25) is 0 Å². The van der Waals surface area contributed by atoms with Gasteiger partial charge in [0.15, 0.2) is 23.0 Å². The molecule has 49 heavy (non-hydrogen) atoms. The number of ether oxygens (including phenoxy) is 5. The van der Waals surface area contributed by atoms with E-state index in [1.165, 1.54) is 6.08 Å². The molecule has 0 spiro atoms. The van der Waals surface area contributed by atoms with Gasteiger partial charge in [0, 0.05) is 6.07 Å². The summed E-state index contributed by atoms with van der Waals surface area (Å²) in [6.07, 6.45) is 2.21. The van der Waals surface area contributed by atoms with Crippen LogP contribution in [0.15, 0.2) is 93.4 Å². The standard InChI is InChI=1S/C37H34Br2N2O8/c1-4-15-47-31-14-12-26(20-33(31)46-5-2)41-36(43)27(35(42)40-37(41)44)16-25-17-28(38)34(29(39)18-25)49-22-24-11-13-30(32(19-24)45-3)48-21-23-9-7-6-8-10-23/h6-14,16-20H,4-5,15,21-22H2,1-3H3,(H,40,42,44)/b27-16+. The van der Waals surface area contributed by atoms with Gasteiger partial charge in [0.2, 0.25) is 0 Å². The maximum absolute atomic E-state index is 13.6. The second kappa shape index (κ2) is 16.5. The molecule has 1 heterocycles. The molecular formula is C37H34Br2N2O8. The maximum Gasteiger partial charge on any atom is 0.335 e. The van der Waals surface area contributed by atoms with Crippen LogP contribution in [0, 0.1) is 0 Å². The summed E-state index contributed by atoms with van der Waals surface area (Å²) in [5.41, 5.74) is 2.41. The number of urea groups is 1. The maximum atomic E-state index is 13.6. The Hall–Kier alpha value is -4.81. The van der Waals surface area contributed by atoms with Crippen molar-refractivity contribution < 1.29 is 38.1 Å². The molecule has 1 N–H and O–H groups in total. The van der Waals surface area contributed by atoms with E-state index in [1.54, 1.807) is 37.4 Å². The van der Waals surface area contributed by atoms with E-state index in [0.717, 1.165) is 22.4 Å². The predicted molar refractivity (Wildman–Crippen MR) is 192 cm³/mol. The molecular weight excluding hydrogens is 760 g/mol. The molecule has 10 nitrogen and oxygen atoms in total. The molecule has 1 aliphatic rings. The summed E-state index contributed by atoms with van der Waals surface area (Å²) in [6.45, 7) is 5.26. The monoisotopic (exact) mass is 792 g/mol. The van der Waals surface area contributed by atoms with E-state index in [0.29, 0.717) is 63.1 Å². The first-order chi connectivity index (χ1) is 23.7. The number of rotatable bonds is 14. The summed E-state index contributed by atoms with van der Waals surface area (Å²) >= 11 is 7.10. The number of hydrogen-bond donors (Lipinski definition) is 1. The molecule has 0 aromatic heterocycles. The summed E-state index contributed by atoms with van der Waals surface area (Å²) in [4.78, 5) is 40.2. The number of halogens is 2. The number of anilines is 1. The van der Waals surface area contributed by atoms with Crippen molar-refractivity contribution in [2.24, 2.45) is 0 Å². The van der Waals surface area contributed by atoms with Crippen LogP contribution in [0.1, 0.15) is 37.0 Å². The van der Waals surface area contributed by atoms with E-state index in [4.69, 9.17) is 23.7 Å². The van der Waals surface area contributed by atoms with Gasteiger partial charge in [-0.05, 0) is 104 Å².